The van der Waals surface area contributed by atoms with Gasteiger partial charge in [-0.15, -0.1) is 0 Å². The molecule has 0 spiro atoms. The predicted molar refractivity (Wildman–Crippen MR) is 88.5 cm³/mol. The molecule has 0 aromatic carbocycles. The highest BCUT2D eigenvalue weighted by atomic mass is 79.9. The van der Waals surface area contributed by atoms with E-state index in [2.05, 4.69) is 20.9 Å². The molecule has 1 aromatic rings. The van der Waals surface area contributed by atoms with Crippen molar-refractivity contribution in [3.8, 4) is 0 Å². The molecule has 1 N–H and O–H groups in total. The Balaban J connectivity index is 2.13. The summed E-state index contributed by atoms with van der Waals surface area (Å²) in [6.07, 6.45) is 2.12. The highest BCUT2D eigenvalue weighted by Crippen LogP contribution is 2.37. The number of piperidine rings is 1. The number of halogens is 2. The van der Waals surface area contributed by atoms with E-state index in [0.717, 1.165) is 0 Å². The molecule has 1 aromatic heterocycles. The van der Waals surface area contributed by atoms with Crippen molar-refractivity contribution in [3.05, 3.63) is 27.5 Å². The first-order valence-electron chi connectivity index (χ1n) is 7.33. The van der Waals surface area contributed by atoms with Gasteiger partial charge in [-0.1, -0.05) is 11.6 Å². The Morgan fingerprint density at radius 2 is 2.13 bits per heavy atom. The maximum atomic E-state index is 11.9. The molecule has 0 radical (unpaired) electrons. The molecule has 126 valence electrons. The summed E-state index contributed by atoms with van der Waals surface area (Å²) in [6.45, 7) is 2.76. The lowest BCUT2D eigenvalue weighted by Crippen LogP contribution is -2.47. The number of likely N-dealkylation sites (tertiary alicyclic amines) is 1. The Hall–Kier alpha value is -1.34. The molecule has 1 amide bonds. The second kappa shape index (κ2) is 7.49. The molecular weight excluding hydrogens is 388 g/mol. The van der Waals surface area contributed by atoms with Gasteiger partial charge in [0.25, 0.3) is 0 Å². The third-order valence-electron chi connectivity index (χ3n) is 4.09. The molecule has 23 heavy (non-hydrogen) atoms. The van der Waals surface area contributed by atoms with Crippen LogP contribution in [0.25, 0.3) is 0 Å². The van der Waals surface area contributed by atoms with Crippen LogP contribution in [0.1, 0.15) is 25.5 Å². The number of nitrogens with zero attached hydrogens (tertiary/aromatic N) is 2. The van der Waals surface area contributed by atoms with Gasteiger partial charge in [0.1, 0.15) is 0 Å². The minimum absolute atomic E-state index is 0.288. The summed E-state index contributed by atoms with van der Waals surface area (Å²) in [5.74, 6) is -0.871. The van der Waals surface area contributed by atoms with Crippen LogP contribution in [-0.4, -0.2) is 46.7 Å². The van der Waals surface area contributed by atoms with Gasteiger partial charge in [-0.3, -0.25) is 9.78 Å². The molecule has 0 unspecified atom stereocenters. The Labute approximate surface area is 147 Å². The molecule has 2 rings (SSSR count). The number of aromatic nitrogens is 1. The van der Waals surface area contributed by atoms with Crippen molar-refractivity contribution in [2.24, 2.45) is 5.41 Å². The number of carbonyl (C=O) groups excluding carboxylic acids is 1. The van der Waals surface area contributed by atoms with Gasteiger partial charge in [0.05, 0.1) is 22.7 Å². The number of aliphatic carboxylic acids is 1. The minimum atomic E-state index is -0.938. The number of pyridine rings is 1. The number of carboxylic acid groups (broad SMARTS) is 1. The number of ether oxygens (including phenoxy) is 1. The van der Waals surface area contributed by atoms with Crippen LogP contribution in [0.5, 0.6) is 0 Å². The molecular formula is C15H18BrClN2O4. The smallest absolute Gasteiger partial charge is 0.409 e. The molecule has 2 heterocycles. The summed E-state index contributed by atoms with van der Waals surface area (Å²) in [6, 6.07) is 1.70. The number of hydrogen-bond donors (Lipinski definition) is 1. The first kappa shape index (κ1) is 18.0. The quantitative estimate of drug-likeness (QED) is 0.831. The minimum Gasteiger partial charge on any atom is -0.481 e. The topological polar surface area (TPSA) is 79.7 Å². The Morgan fingerprint density at radius 3 is 2.65 bits per heavy atom. The van der Waals surface area contributed by atoms with Gasteiger partial charge in [-0.25, -0.2) is 4.79 Å². The van der Waals surface area contributed by atoms with E-state index in [1.165, 1.54) is 6.20 Å². The fourth-order valence-electron chi connectivity index (χ4n) is 2.69. The SMILES string of the molecule is CCOC(=O)N1CCC(Cc2ncc(Cl)cc2Br)(C(=O)O)CC1. The van der Waals surface area contributed by atoms with Crippen molar-refractivity contribution in [2.45, 2.75) is 26.2 Å². The summed E-state index contributed by atoms with van der Waals surface area (Å²) < 4.78 is 5.66. The van der Waals surface area contributed by atoms with Crippen LogP contribution in [0.15, 0.2) is 16.7 Å². The van der Waals surface area contributed by atoms with Crippen molar-refractivity contribution in [3.63, 3.8) is 0 Å². The van der Waals surface area contributed by atoms with Crippen LogP contribution in [0.2, 0.25) is 5.02 Å². The normalized spacial score (nSPS) is 16.9. The highest BCUT2D eigenvalue weighted by Gasteiger charge is 2.43. The van der Waals surface area contributed by atoms with Crippen LogP contribution < -0.4 is 0 Å². The second-order valence-electron chi connectivity index (χ2n) is 5.53. The summed E-state index contributed by atoms with van der Waals surface area (Å²) in [5, 5.41) is 10.2. The molecule has 6 nitrogen and oxygen atoms in total. The molecule has 1 saturated heterocycles. The Morgan fingerprint density at radius 1 is 1.48 bits per heavy atom. The number of carbonyl (C=O) groups is 2. The zero-order chi connectivity index (χ0) is 17.0. The lowest BCUT2D eigenvalue weighted by Gasteiger charge is -2.38. The fraction of sp³-hybridized carbons (Fsp3) is 0.533. The number of hydrogen-bond acceptors (Lipinski definition) is 4. The first-order chi connectivity index (χ1) is 10.9. The molecule has 1 fully saturated rings. The van der Waals surface area contributed by atoms with E-state index in [1.54, 1.807) is 17.9 Å². The van der Waals surface area contributed by atoms with E-state index in [9.17, 15) is 14.7 Å². The average Bonchev–Trinajstić information content (AvgIpc) is 2.51. The Bertz CT molecular complexity index is 603. The van der Waals surface area contributed by atoms with Crippen LogP contribution in [0.4, 0.5) is 4.79 Å². The largest absolute Gasteiger partial charge is 0.481 e. The van der Waals surface area contributed by atoms with E-state index in [1.807, 2.05) is 0 Å². The molecule has 0 aliphatic carbocycles. The molecule has 8 heteroatoms. The van der Waals surface area contributed by atoms with Crippen LogP contribution in [-0.2, 0) is 16.0 Å². The van der Waals surface area contributed by atoms with E-state index in [-0.39, 0.29) is 6.42 Å². The molecule has 1 aliphatic heterocycles. The average molecular weight is 406 g/mol. The van der Waals surface area contributed by atoms with Crippen molar-refractivity contribution < 1.29 is 19.4 Å². The van der Waals surface area contributed by atoms with E-state index >= 15 is 0 Å². The predicted octanol–water partition coefficient (Wildman–Crippen LogP) is 3.36. The van der Waals surface area contributed by atoms with Crippen molar-refractivity contribution in [2.75, 3.05) is 19.7 Å². The van der Waals surface area contributed by atoms with E-state index in [0.29, 0.717) is 47.7 Å². The van der Waals surface area contributed by atoms with Gasteiger partial charge >= 0.3 is 12.1 Å². The van der Waals surface area contributed by atoms with Gasteiger partial charge in [-0.05, 0) is 41.8 Å². The van der Waals surface area contributed by atoms with Crippen molar-refractivity contribution in [1.82, 2.24) is 9.88 Å². The molecule has 0 bridgehead atoms. The lowest BCUT2D eigenvalue weighted by atomic mass is 9.75. The second-order valence-corrected chi connectivity index (χ2v) is 6.82. The lowest BCUT2D eigenvalue weighted by molar-refractivity contribution is -0.151. The standard InChI is InChI=1S/C15H18BrClN2O4/c1-2-23-14(22)19-5-3-15(4-6-19,13(20)21)8-12-11(16)7-10(17)9-18-12/h7,9H,2-6,8H2,1H3,(H,20,21). The summed E-state index contributed by atoms with van der Waals surface area (Å²) in [5.41, 5.74) is -0.284. The summed E-state index contributed by atoms with van der Waals surface area (Å²) in [7, 11) is 0. The third kappa shape index (κ3) is 4.14. The molecule has 0 saturated carbocycles. The third-order valence-corrected chi connectivity index (χ3v) is 4.98. The first-order valence-corrected chi connectivity index (χ1v) is 8.50. The van der Waals surface area contributed by atoms with Gasteiger partial charge in [-0.2, -0.15) is 0 Å². The monoisotopic (exact) mass is 404 g/mol. The zero-order valence-corrected chi connectivity index (χ0v) is 15.1. The van der Waals surface area contributed by atoms with Crippen LogP contribution in [0, 0.1) is 5.41 Å². The van der Waals surface area contributed by atoms with Crippen LogP contribution in [0.3, 0.4) is 0 Å². The maximum Gasteiger partial charge on any atom is 0.409 e. The van der Waals surface area contributed by atoms with Crippen molar-refractivity contribution in [1.29, 1.82) is 0 Å². The van der Waals surface area contributed by atoms with Gasteiger partial charge in [0.2, 0.25) is 0 Å². The van der Waals surface area contributed by atoms with E-state index < -0.39 is 17.5 Å². The summed E-state index contributed by atoms with van der Waals surface area (Å²) >= 11 is 9.25. The maximum absolute atomic E-state index is 11.9. The highest BCUT2D eigenvalue weighted by molar-refractivity contribution is 9.10. The summed E-state index contributed by atoms with van der Waals surface area (Å²) in [4.78, 5) is 29.4. The van der Waals surface area contributed by atoms with Crippen LogP contribution >= 0.6 is 27.5 Å². The number of amides is 1. The Kier molecular flexibility index (Phi) is 5.86. The van der Waals surface area contributed by atoms with Gasteiger partial charge in [0, 0.05) is 30.2 Å². The molecule has 0 atom stereocenters. The zero-order valence-electron chi connectivity index (χ0n) is 12.7. The fourth-order valence-corrected chi connectivity index (χ4v) is 3.47. The molecule has 1 aliphatic rings. The van der Waals surface area contributed by atoms with E-state index in [4.69, 9.17) is 16.3 Å². The number of rotatable bonds is 4. The number of carboxylic acids is 1. The van der Waals surface area contributed by atoms with Gasteiger partial charge in [0.15, 0.2) is 0 Å². The van der Waals surface area contributed by atoms with Crippen molar-refractivity contribution >= 4 is 39.6 Å². The van der Waals surface area contributed by atoms with Gasteiger partial charge < -0.3 is 14.7 Å².